The molecule has 1 saturated heterocycles. The highest BCUT2D eigenvalue weighted by atomic mass is 16.5. The van der Waals surface area contributed by atoms with Gasteiger partial charge < -0.3 is 14.8 Å². The van der Waals surface area contributed by atoms with Crippen molar-refractivity contribution in [2.75, 3.05) is 17.3 Å². The molecule has 2 bridgehead atoms. The van der Waals surface area contributed by atoms with Crippen LogP contribution in [0, 0.1) is 35.5 Å². The minimum Gasteiger partial charge on any atom is -0.497 e. The molecule has 7 heteroatoms. The Morgan fingerprint density at radius 3 is 1.84 bits per heavy atom. The van der Waals surface area contributed by atoms with Gasteiger partial charge in [-0.2, -0.15) is 0 Å². The molecule has 3 amide bonds. The topological polar surface area (TPSA) is 84.9 Å². The Kier molecular flexibility index (Phi) is 5.15. The lowest BCUT2D eigenvalue weighted by Gasteiger charge is -2.37. The number of carbonyl (C=O) groups is 3. The number of allylic oxidation sites excluding steroid dienone is 2. The van der Waals surface area contributed by atoms with Crippen molar-refractivity contribution in [2.24, 2.45) is 35.5 Å². The predicted octanol–water partition coefficient (Wildman–Crippen LogP) is 5.30. The van der Waals surface area contributed by atoms with E-state index >= 15 is 0 Å². The van der Waals surface area contributed by atoms with E-state index in [4.69, 9.17) is 9.47 Å². The number of anilines is 2. The second-order valence-corrected chi connectivity index (χ2v) is 10.5. The lowest BCUT2D eigenvalue weighted by molar-refractivity contribution is -0.124. The lowest BCUT2D eigenvalue weighted by Crippen LogP contribution is -2.40. The van der Waals surface area contributed by atoms with Crippen molar-refractivity contribution in [3.8, 4) is 17.2 Å². The van der Waals surface area contributed by atoms with Gasteiger partial charge in [-0.15, -0.1) is 0 Å². The largest absolute Gasteiger partial charge is 0.497 e. The minimum absolute atomic E-state index is 0.0983. The summed E-state index contributed by atoms with van der Waals surface area (Å²) in [5.74, 6) is 2.63. The van der Waals surface area contributed by atoms with E-state index in [1.165, 1.54) is 4.90 Å². The molecule has 7 nitrogen and oxygen atoms in total. The van der Waals surface area contributed by atoms with Gasteiger partial charge >= 0.3 is 0 Å². The molecule has 0 spiro atoms. The lowest BCUT2D eigenvalue weighted by atomic mass is 9.63. The monoisotopic (exact) mass is 506 g/mol. The normalized spacial score (nSPS) is 28.1. The van der Waals surface area contributed by atoms with Crippen molar-refractivity contribution < 1.29 is 23.9 Å². The van der Waals surface area contributed by atoms with Crippen LogP contribution in [0.15, 0.2) is 84.9 Å². The van der Waals surface area contributed by atoms with Crippen LogP contribution < -0.4 is 19.7 Å². The summed E-state index contributed by atoms with van der Waals surface area (Å²) in [4.78, 5) is 40.8. The zero-order chi connectivity index (χ0) is 26.0. The van der Waals surface area contributed by atoms with E-state index < -0.39 is 0 Å². The average molecular weight is 507 g/mol. The molecule has 0 radical (unpaired) electrons. The molecule has 4 aliphatic carbocycles. The maximum Gasteiger partial charge on any atom is 0.255 e. The van der Waals surface area contributed by atoms with Gasteiger partial charge in [-0.3, -0.25) is 19.3 Å². The summed E-state index contributed by atoms with van der Waals surface area (Å²) < 4.78 is 11.0. The number of rotatable bonds is 6. The Balaban J connectivity index is 1.01. The van der Waals surface area contributed by atoms with Gasteiger partial charge in [-0.1, -0.05) is 12.2 Å². The Bertz CT molecular complexity index is 1430. The highest BCUT2D eigenvalue weighted by molar-refractivity contribution is 6.22. The number of carbonyl (C=O) groups excluding carboxylic acids is 3. The number of benzene rings is 3. The van der Waals surface area contributed by atoms with Gasteiger partial charge in [0.1, 0.15) is 17.2 Å². The Morgan fingerprint density at radius 1 is 0.763 bits per heavy atom. The first-order chi connectivity index (χ1) is 18.5. The van der Waals surface area contributed by atoms with Gasteiger partial charge in [0.15, 0.2) is 0 Å². The number of ether oxygens (including phenoxy) is 2. The average Bonchev–Trinajstić information content (AvgIpc) is 3.73. The molecule has 3 aromatic carbocycles. The molecule has 0 unspecified atom stereocenters. The zero-order valence-electron chi connectivity index (χ0n) is 20.7. The fourth-order valence-electron chi connectivity index (χ4n) is 6.56. The number of methoxy groups -OCH3 is 1. The Morgan fingerprint density at radius 2 is 1.29 bits per heavy atom. The second-order valence-electron chi connectivity index (χ2n) is 10.5. The van der Waals surface area contributed by atoms with Crippen molar-refractivity contribution in [3.05, 3.63) is 90.5 Å². The van der Waals surface area contributed by atoms with Gasteiger partial charge in [0.2, 0.25) is 11.8 Å². The van der Waals surface area contributed by atoms with Gasteiger partial charge in [0, 0.05) is 11.3 Å². The van der Waals surface area contributed by atoms with Gasteiger partial charge in [-0.05, 0) is 103 Å². The van der Waals surface area contributed by atoms with Gasteiger partial charge in [0.25, 0.3) is 5.91 Å². The molecule has 6 atom stereocenters. The third-order valence-corrected chi connectivity index (χ3v) is 8.46. The van der Waals surface area contributed by atoms with Crippen molar-refractivity contribution >= 4 is 29.1 Å². The number of hydrogen-bond acceptors (Lipinski definition) is 5. The summed E-state index contributed by atoms with van der Waals surface area (Å²) >= 11 is 0. The standard InChI is InChI=1S/C31H26N2O5/c1-37-20-10-12-22(13-11-20)38-21-8-4-18(5-9-21)32-29(34)17-2-6-19(7-3-17)33-30(35)27-23-14-15-24(26-16-25(23)26)28(27)31(33)36/h2-15,23-28H,16H2,1H3,(H,32,34)/t23-,24-,25-,26+,27-,28+/m0/s1. The first-order valence-corrected chi connectivity index (χ1v) is 12.9. The maximum atomic E-state index is 13.3. The van der Waals surface area contributed by atoms with E-state index in [-0.39, 0.29) is 41.4 Å². The van der Waals surface area contributed by atoms with Crippen LogP contribution in [0.5, 0.6) is 17.2 Å². The first-order valence-electron chi connectivity index (χ1n) is 12.9. The van der Waals surface area contributed by atoms with Crippen molar-refractivity contribution in [1.82, 2.24) is 0 Å². The summed E-state index contributed by atoms with van der Waals surface area (Å²) in [6.45, 7) is 0. The summed E-state index contributed by atoms with van der Waals surface area (Å²) in [6, 6.07) is 21.0. The summed E-state index contributed by atoms with van der Waals surface area (Å²) in [5.41, 5.74) is 1.59. The zero-order valence-corrected chi connectivity index (χ0v) is 20.7. The van der Waals surface area contributed by atoms with E-state index in [0.717, 1.165) is 12.2 Å². The predicted molar refractivity (Wildman–Crippen MR) is 141 cm³/mol. The number of imide groups is 1. The highest BCUT2D eigenvalue weighted by Gasteiger charge is 2.67. The number of nitrogens with zero attached hydrogens (tertiary/aromatic N) is 1. The van der Waals surface area contributed by atoms with Crippen molar-refractivity contribution in [3.63, 3.8) is 0 Å². The molecular formula is C31H26N2O5. The smallest absolute Gasteiger partial charge is 0.255 e. The van der Waals surface area contributed by atoms with Crippen LogP contribution in [0.25, 0.3) is 0 Å². The number of amides is 3. The second kappa shape index (κ2) is 8.58. The van der Waals surface area contributed by atoms with Crippen molar-refractivity contribution in [2.45, 2.75) is 6.42 Å². The van der Waals surface area contributed by atoms with Crippen LogP contribution in [-0.2, 0) is 9.59 Å². The molecule has 5 aliphatic rings. The first kappa shape index (κ1) is 22.8. The molecule has 1 aliphatic heterocycles. The van der Waals surface area contributed by atoms with Crippen LogP contribution in [-0.4, -0.2) is 24.8 Å². The molecule has 38 heavy (non-hydrogen) atoms. The Hall–Kier alpha value is -4.39. The van der Waals surface area contributed by atoms with E-state index in [0.29, 0.717) is 40.3 Å². The summed E-state index contributed by atoms with van der Waals surface area (Å²) in [7, 11) is 1.61. The van der Waals surface area contributed by atoms with E-state index in [2.05, 4.69) is 17.5 Å². The van der Waals surface area contributed by atoms with Crippen LogP contribution in [0.4, 0.5) is 11.4 Å². The molecule has 1 N–H and O–H groups in total. The summed E-state index contributed by atoms with van der Waals surface area (Å²) in [5, 5.41) is 2.87. The van der Waals surface area contributed by atoms with Gasteiger partial charge in [-0.25, -0.2) is 0 Å². The van der Waals surface area contributed by atoms with E-state index in [1.807, 2.05) is 24.3 Å². The number of nitrogens with one attached hydrogen (secondary N) is 1. The van der Waals surface area contributed by atoms with E-state index in [1.54, 1.807) is 55.6 Å². The Labute approximate surface area is 220 Å². The molecule has 3 fully saturated rings. The molecule has 2 saturated carbocycles. The highest BCUT2D eigenvalue weighted by Crippen LogP contribution is 2.65. The molecular weight excluding hydrogens is 480 g/mol. The number of hydrogen-bond donors (Lipinski definition) is 1. The van der Waals surface area contributed by atoms with Gasteiger partial charge in [0.05, 0.1) is 24.6 Å². The fourth-order valence-corrected chi connectivity index (χ4v) is 6.56. The van der Waals surface area contributed by atoms with E-state index in [9.17, 15) is 14.4 Å². The SMILES string of the molecule is COc1ccc(Oc2ccc(NC(=O)c3ccc(N4C(=O)[C@@H]5[C@H]6C=C[C@@H]([C@@H]7C[C@H]67)[C@@H]5C4=O)cc3)cc2)cc1. The fraction of sp³-hybridized carbons (Fsp3) is 0.258. The third kappa shape index (κ3) is 3.61. The van der Waals surface area contributed by atoms with Crippen LogP contribution in [0.1, 0.15) is 16.8 Å². The van der Waals surface area contributed by atoms with Crippen LogP contribution in [0.3, 0.4) is 0 Å². The third-order valence-electron chi connectivity index (χ3n) is 8.46. The molecule has 190 valence electrons. The quantitative estimate of drug-likeness (QED) is 0.362. The summed E-state index contributed by atoms with van der Waals surface area (Å²) in [6.07, 6.45) is 5.47. The van der Waals surface area contributed by atoms with Crippen LogP contribution in [0.2, 0.25) is 0 Å². The molecule has 8 rings (SSSR count). The van der Waals surface area contributed by atoms with Crippen molar-refractivity contribution in [1.29, 1.82) is 0 Å². The van der Waals surface area contributed by atoms with Crippen LogP contribution >= 0.6 is 0 Å². The molecule has 3 aromatic rings. The minimum atomic E-state index is -0.282. The molecule has 1 heterocycles. The maximum absolute atomic E-state index is 13.3. The molecule has 0 aromatic heterocycles.